The first kappa shape index (κ1) is 23.1. The molecule has 0 spiro atoms. The van der Waals surface area contributed by atoms with Crippen molar-refractivity contribution in [3.63, 3.8) is 0 Å². The molecule has 1 N–H and O–H groups in total. The van der Waals surface area contributed by atoms with Gasteiger partial charge in [-0.2, -0.15) is 4.33 Å². The molecule has 0 heterocycles. The topological polar surface area (TPSA) is 117 Å². The van der Waals surface area contributed by atoms with Crippen molar-refractivity contribution in [2.45, 2.75) is 39.7 Å². The minimum absolute atomic E-state index is 0.0634. The third-order valence-corrected chi connectivity index (χ3v) is 4.33. The van der Waals surface area contributed by atoms with Crippen LogP contribution in [-0.2, 0) is 38.3 Å². The Kier molecular flexibility index (Phi) is 12.9. The molecule has 0 atom stereocenters. The highest BCUT2D eigenvalue weighted by molar-refractivity contribution is 7.94. The molecule has 0 saturated heterocycles. The van der Waals surface area contributed by atoms with Gasteiger partial charge < -0.3 is 9.47 Å². The van der Waals surface area contributed by atoms with Crippen LogP contribution in [0.2, 0.25) is 0 Å². The van der Waals surface area contributed by atoms with E-state index in [1.165, 1.54) is 0 Å². The Labute approximate surface area is 146 Å². The van der Waals surface area contributed by atoms with Gasteiger partial charge >= 0.3 is 11.9 Å². The zero-order valence-electron chi connectivity index (χ0n) is 14.1. The monoisotopic (exact) mass is 387 g/mol. The van der Waals surface area contributed by atoms with E-state index in [0.29, 0.717) is 12.2 Å². The van der Waals surface area contributed by atoms with E-state index < -0.39 is 28.6 Å². The zero-order chi connectivity index (χ0) is 18.4. The summed E-state index contributed by atoms with van der Waals surface area (Å²) < 4.78 is 39.7. The molecule has 0 aromatic carbocycles. The number of nitrogens with one attached hydrogen (secondary N) is 1. The molecular formula is C13H25NO8S2. The first-order valence-electron chi connectivity index (χ1n) is 7.50. The quantitative estimate of drug-likeness (QED) is 0.152. The minimum Gasteiger partial charge on any atom is -0.463 e. The second kappa shape index (κ2) is 13.4. The van der Waals surface area contributed by atoms with Crippen LogP contribution >= 0.6 is 12.0 Å². The molecule has 0 aliphatic carbocycles. The lowest BCUT2D eigenvalue weighted by atomic mass is 10.4. The van der Waals surface area contributed by atoms with Gasteiger partial charge in [0, 0.05) is 24.3 Å². The van der Waals surface area contributed by atoms with Gasteiger partial charge in [0.25, 0.3) is 0 Å². The van der Waals surface area contributed by atoms with E-state index in [1.54, 1.807) is 6.92 Å². The number of hydrogen-bond acceptors (Lipinski definition) is 9. The fourth-order valence-corrected chi connectivity index (χ4v) is 3.05. The fourth-order valence-electron chi connectivity index (χ4n) is 1.24. The maximum absolute atomic E-state index is 11.7. The molecule has 0 aliphatic heterocycles. The van der Waals surface area contributed by atoms with Gasteiger partial charge in [-0.15, -0.1) is 0 Å². The van der Waals surface area contributed by atoms with Crippen molar-refractivity contribution >= 4 is 34.0 Å². The average molecular weight is 387 g/mol. The summed E-state index contributed by atoms with van der Waals surface area (Å²) in [6, 6.07) is 0. The van der Waals surface area contributed by atoms with Crippen molar-refractivity contribution in [2.24, 2.45) is 0 Å². The van der Waals surface area contributed by atoms with Gasteiger partial charge in [0.1, 0.15) is 0 Å². The number of esters is 2. The summed E-state index contributed by atoms with van der Waals surface area (Å²) in [5.41, 5.74) is 0. The van der Waals surface area contributed by atoms with Crippen LogP contribution < -0.4 is 4.72 Å². The van der Waals surface area contributed by atoms with E-state index in [2.05, 4.69) is 14.2 Å². The van der Waals surface area contributed by atoms with E-state index in [-0.39, 0.29) is 31.4 Å². The van der Waals surface area contributed by atoms with Gasteiger partial charge in [0.15, 0.2) is 6.61 Å². The molecule has 0 aromatic heterocycles. The molecule has 0 radical (unpaired) electrons. The Morgan fingerprint density at radius 3 is 2.50 bits per heavy atom. The summed E-state index contributed by atoms with van der Waals surface area (Å²) in [6.07, 6.45) is 0.138. The number of carbonyl (C=O) groups excluding carboxylic acids is 2. The van der Waals surface area contributed by atoms with Crippen molar-refractivity contribution in [2.75, 3.05) is 31.3 Å². The summed E-state index contributed by atoms with van der Waals surface area (Å²) >= 11 is 1.03. The van der Waals surface area contributed by atoms with Crippen molar-refractivity contribution in [1.82, 2.24) is 4.72 Å². The van der Waals surface area contributed by atoms with Gasteiger partial charge in [-0.1, -0.05) is 0 Å². The van der Waals surface area contributed by atoms with Gasteiger partial charge in [-0.05, 0) is 27.2 Å². The molecule has 142 valence electrons. The minimum atomic E-state index is -3.48. The molecular weight excluding hydrogens is 362 g/mol. The second-order valence-electron chi connectivity index (χ2n) is 4.82. The van der Waals surface area contributed by atoms with Crippen LogP contribution in [0.5, 0.6) is 0 Å². The van der Waals surface area contributed by atoms with Gasteiger partial charge in [0.2, 0.25) is 10.0 Å². The van der Waals surface area contributed by atoms with Gasteiger partial charge in [0.05, 0.1) is 24.9 Å². The number of rotatable bonds is 14. The molecule has 11 heteroatoms. The van der Waals surface area contributed by atoms with E-state index in [0.717, 1.165) is 12.0 Å². The zero-order valence-corrected chi connectivity index (χ0v) is 15.7. The smallest absolute Gasteiger partial charge is 0.344 e. The first-order chi connectivity index (χ1) is 11.3. The Morgan fingerprint density at radius 1 is 1.17 bits per heavy atom. The van der Waals surface area contributed by atoms with Crippen LogP contribution in [0.25, 0.3) is 0 Å². The summed E-state index contributed by atoms with van der Waals surface area (Å²) in [4.78, 5) is 27.1. The third-order valence-electron chi connectivity index (χ3n) is 2.23. The summed E-state index contributed by atoms with van der Waals surface area (Å²) in [6.45, 7) is 4.89. The molecule has 0 amide bonds. The van der Waals surface area contributed by atoms with Crippen molar-refractivity contribution in [1.29, 1.82) is 0 Å². The van der Waals surface area contributed by atoms with Gasteiger partial charge in [-0.3, -0.25) is 4.79 Å². The molecule has 0 fully saturated rings. The van der Waals surface area contributed by atoms with Crippen LogP contribution in [0.4, 0.5) is 0 Å². The Bertz CT molecular complexity index is 467. The van der Waals surface area contributed by atoms with Crippen molar-refractivity contribution < 1.29 is 36.7 Å². The largest absolute Gasteiger partial charge is 0.463 e. The van der Waals surface area contributed by atoms with Crippen LogP contribution in [0.15, 0.2) is 0 Å². The van der Waals surface area contributed by atoms with Crippen LogP contribution in [0, 0.1) is 0 Å². The fraction of sp³-hybridized carbons (Fsp3) is 0.846. The van der Waals surface area contributed by atoms with Gasteiger partial charge in [-0.25, -0.2) is 22.8 Å². The van der Waals surface area contributed by atoms with E-state index in [1.807, 2.05) is 13.8 Å². The third kappa shape index (κ3) is 14.7. The average Bonchev–Trinajstić information content (AvgIpc) is 2.48. The lowest BCUT2D eigenvalue weighted by Gasteiger charge is -2.07. The summed E-state index contributed by atoms with van der Waals surface area (Å²) in [5.74, 6) is -0.967. The standard InChI is InChI=1S/C13H25NO8S2/c1-4-19-13(16)10-20-12(15)6-7-14-24(17,18)9-5-8-23-22-21-11(2)3/h11,14H,4-10H2,1-3H3. The Balaban J connectivity index is 3.72. The number of carbonyl (C=O) groups is 2. The number of sulfonamides is 1. The lowest BCUT2D eigenvalue weighted by Crippen LogP contribution is -2.29. The predicted molar refractivity (Wildman–Crippen MR) is 88.4 cm³/mol. The molecule has 0 saturated carbocycles. The van der Waals surface area contributed by atoms with Crippen LogP contribution in [0.3, 0.4) is 0 Å². The maximum atomic E-state index is 11.7. The number of ether oxygens (including phenoxy) is 2. The molecule has 0 aliphatic rings. The van der Waals surface area contributed by atoms with E-state index >= 15 is 0 Å². The second-order valence-corrected chi connectivity index (χ2v) is 7.52. The summed E-state index contributed by atoms with van der Waals surface area (Å²) in [5, 5.41) is 0. The molecule has 0 bridgehead atoms. The molecule has 24 heavy (non-hydrogen) atoms. The SMILES string of the molecule is CCOC(=O)COC(=O)CCNS(=O)(=O)CCCSOOC(C)C. The summed E-state index contributed by atoms with van der Waals surface area (Å²) in [7, 11) is -3.48. The Morgan fingerprint density at radius 2 is 1.88 bits per heavy atom. The van der Waals surface area contributed by atoms with Crippen molar-refractivity contribution in [3.8, 4) is 0 Å². The molecule has 0 rings (SSSR count). The highest BCUT2D eigenvalue weighted by atomic mass is 32.2. The number of hydrogen-bond donors (Lipinski definition) is 1. The highest BCUT2D eigenvalue weighted by Gasteiger charge is 2.12. The van der Waals surface area contributed by atoms with Crippen LogP contribution in [-0.4, -0.2) is 57.7 Å². The molecule has 0 unspecified atom stereocenters. The first-order valence-corrected chi connectivity index (χ1v) is 10.1. The molecule has 9 nitrogen and oxygen atoms in total. The van der Waals surface area contributed by atoms with Crippen LogP contribution in [0.1, 0.15) is 33.6 Å². The Hall–Kier alpha value is -0.880. The molecule has 0 aromatic rings. The van der Waals surface area contributed by atoms with E-state index in [9.17, 15) is 18.0 Å². The lowest BCUT2D eigenvalue weighted by molar-refractivity contribution is -0.220. The highest BCUT2D eigenvalue weighted by Crippen LogP contribution is 2.07. The maximum Gasteiger partial charge on any atom is 0.344 e. The predicted octanol–water partition coefficient (Wildman–Crippen LogP) is 0.797. The normalized spacial score (nSPS) is 11.5. The van der Waals surface area contributed by atoms with E-state index in [4.69, 9.17) is 9.22 Å². The van der Waals surface area contributed by atoms with Crippen molar-refractivity contribution in [3.05, 3.63) is 0 Å².